The zero-order valence-corrected chi connectivity index (χ0v) is 23.5. The van der Waals surface area contributed by atoms with Gasteiger partial charge in [-0.25, -0.2) is 4.79 Å². The molecule has 0 radical (unpaired) electrons. The second kappa shape index (κ2) is 12.9. The number of hydrogen-bond acceptors (Lipinski definition) is 7. The number of fused-ring (bicyclic) bond motifs is 2. The molecule has 4 aromatic rings. The highest BCUT2D eigenvalue weighted by Gasteiger charge is 2.24. The van der Waals surface area contributed by atoms with Gasteiger partial charge in [-0.1, -0.05) is 30.3 Å². The molecule has 9 nitrogen and oxygen atoms in total. The van der Waals surface area contributed by atoms with E-state index < -0.39 is 29.5 Å². The topological polar surface area (TPSA) is 139 Å². The standard InChI is InChI=1S/C30H32N2O7S/c1-17-14-38-27-19(3)28-22(12-21(17)27)18(2)23(30(37)39-28)13-25(33)32-24(29(36)31-11-7-10-26(34)35)16-40-15-20-8-5-4-6-9-20/h4-6,8-9,12,14,24H,7,10-11,13,15-16H2,1-3H3,(H,31,36)(H,32,33)(H,34,35). The summed E-state index contributed by atoms with van der Waals surface area (Å²) >= 11 is 1.49. The van der Waals surface area contributed by atoms with Gasteiger partial charge in [-0.15, -0.1) is 0 Å². The largest absolute Gasteiger partial charge is 0.481 e. The van der Waals surface area contributed by atoms with Crippen molar-refractivity contribution in [2.24, 2.45) is 0 Å². The van der Waals surface area contributed by atoms with Crippen molar-refractivity contribution in [3.8, 4) is 0 Å². The molecular weight excluding hydrogens is 532 g/mol. The van der Waals surface area contributed by atoms with E-state index in [9.17, 15) is 19.2 Å². The van der Waals surface area contributed by atoms with Crippen LogP contribution >= 0.6 is 11.8 Å². The van der Waals surface area contributed by atoms with Crippen LogP contribution < -0.4 is 16.3 Å². The predicted octanol–water partition coefficient (Wildman–Crippen LogP) is 4.41. The molecule has 0 aliphatic rings. The van der Waals surface area contributed by atoms with Crippen LogP contribution in [0.25, 0.3) is 21.9 Å². The first-order valence-corrected chi connectivity index (χ1v) is 14.2. The molecule has 0 aliphatic heterocycles. The quantitative estimate of drug-likeness (QED) is 0.170. The van der Waals surface area contributed by atoms with Gasteiger partial charge in [-0.05, 0) is 49.9 Å². The number of aryl methyl sites for hydroxylation is 3. The monoisotopic (exact) mass is 564 g/mol. The maximum atomic E-state index is 13.1. The first-order chi connectivity index (χ1) is 19.2. The SMILES string of the molecule is Cc1coc2c(C)c3oc(=O)c(CC(=O)NC(CSCc4ccccc4)C(=O)NCCCC(=O)O)c(C)c3cc12. The highest BCUT2D eigenvalue weighted by atomic mass is 32.2. The van der Waals surface area contributed by atoms with E-state index in [-0.39, 0.29) is 31.4 Å². The highest BCUT2D eigenvalue weighted by Crippen LogP contribution is 2.32. The van der Waals surface area contributed by atoms with E-state index in [1.165, 1.54) is 11.8 Å². The van der Waals surface area contributed by atoms with E-state index >= 15 is 0 Å². The number of hydrogen-bond donors (Lipinski definition) is 3. The zero-order valence-electron chi connectivity index (χ0n) is 22.7. The minimum atomic E-state index is -0.944. The van der Waals surface area contributed by atoms with Crippen molar-refractivity contribution in [1.29, 1.82) is 0 Å². The third kappa shape index (κ3) is 6.74. The number of benzene rings is 2. The molecule has 1 unspecified atom stereocenters. The Morgan fingerprint density at radius 1 is 1.02 bits per heavy atom. The van der Waals surface area contributed by atoms with Crippen LogP contribution in [0.4, 0.5) is 0 Å². The van der Waals surface area contributed by atoms with E-state index in [4.69, 9.17) is 13.9 Å². The molecule has 3 N–H and O–H groups in total. The Kier molecular flexibility index (Phi) is 9.31. The van der Waals surface area contributed by atoms with Crippen molar-refractivity contribution in [1.82, 2.24) is 10.6 Å². The van der Waals surface area contributed by atoms with Crippen molar-refractivity contribution in [2.45, 2.75) is 51.8 Å². The smallest absolute Gasteiger partial charge is 0.340 e. The molecule has 2 amide bonds. The molecule has 210 valence electrons. The lowest BCUT2D eigenvalue weighted by Gasteiger charge is -2.19. The number of amides is 2. The molecule has 2 heterocycles. The van der Waals surface area contributed by atoms with Gasteiger partial charge in [0, 0.05) is 40.8 Å². The Hall–Kier alpha value is -4.05. The molecule has 0 spiro atoms. The number of carbonyl (C=O) groups excluding carboxylic acids is 2. The second-order valence-electron chi connectivity index (χ2n) is 9.75. The molecule has 2 aromatic carbocycles. The predicted molar refractivity (Wildman–Crippen MR) is 155 cm³/mol. The van der Waals surface area contributed by atoms with Crippen LogP contribution in [0.2, 0.25) is 0 Å². The van der Waals surface area contributed by atoms with Gasteiger partial charge in [-0.3, -0.25) is 14.4 Å². The lowest BCUT2D eigenvalue weighted by atomic mass is 9.99. The van der Waals surface area contributed by atoms with E-state index in [2.05, 4.69) is 10.6 Å². The molecular formula is C30H32N2O7S. The first kappa shape index (κ1) is 28.9. The van der Waals surface area contributed by atoms with Crippen LogP contribution in [-0.2, 0) is 26.6 Å². The third-order valence-electron chi connectivity index (χ3n) is 6.79. The van der Waals surface area contributed by atoms with Gasteiger partial charge in [0.1, 0.15) is 17.2 Å². The van der Waals surface area contributed by atoms with Crippen molar-refractivity contribution in [3.05, 3.63) is 80.9 Å². The normalized spacial score (nSPS) is 12.0. The number of furan rings is 1. The molecule has 0 fully saturated rings. The third-order valence-corrected chi connectivity index (χ3v) is 7.89. The van der Waals surface area contributed by atoms with Crippen LogP contribution in [0, 0.1) is 20.8 Å². The summed E-state index contributed by atoms with van der Waals surface area (Å²) in [6.45, 7) is 5.72. The number of rotatable bonds is 12. The van der Waals surface area contributed by atoms with E-state index in [0.717, 1.165) is 21.9 Å². The van der Waals surface area contributed by atoms with Gasteiger partial charge < -0.3 is 24.6 Å². The summed E-state index contributed by atoms with van der Waals surface area (Å²) in [7, 11) is 0. The molecule has 2 aromatic heterocycles. The Labute approximate surface area is 235 Å². The van der Waals surface area contributed by atoms with Crippen LogP contribution in [0.5, 0.6) is 0 Å². The number of carbonyl (C=O) groups is 3. The number of aliphatic carboxylic acids is 1. The zero-order chi connectivity index (χ0) is 28.8. The molecule has 10 heteroatoms. The van der Waals surface area contributed by atoms with Gasteiger partial charge in [0.25, 0.3) is 0 Å². The van der Waals surface area contributed by atoms with E-state index in [1.54, 1.807) is 13.2 Å². The maximum Gasteiger partial charge on any atom is 0.340 e. The van der Waals surface area contributed by atoms with Crippen LogP contribution in [-0.4, -0.2) is 41.2 Å². The van der Waals surface area contributed by atoms with Gasteiger partial charge in [0.05, 0.1) is 18.2 Å². The van der Waals surface area contributed by atoms with E-state index in [1.807, 2.05) is 50.2 Å². The lowest BCUT2D eigenvalue weighted by molar-refractivity contribution is -0.137. The summed E-state index contributed by atoms with van der Waals surface area (Å²) in [6.07, 6.45) is 1.61. The average Bonchev–Trinajstić information content (AvgIpc) is 3.30. The number of carboxylic acid groups (broad SMARTS) is 1. The molecule has 0 saturated carbocycles. The number of thioether (sulfide) groups is 1. The number of carboxylic acids is 1. The lowest BCUT2D eigenvalue weighted by Crippen LogP contribution is -2.49. The first-order valence-electron chi connectivity index (χ1n) is 13.0. The highest BCUT2D eigenvalue weighted by molar-refractivity contribution is 7.98. The van der Waals surface area contributed by atoms with E-state index in [0.29, 0.717) is 33.8 Å². The Bertz CT molecular complexity index is 1610. The van der Waals surface area contributed by atoms with Crippen molar-refractivity contribution >= 4 is 51.5 Å². The molecule has 1 atom stereocenters. The fourth-order valence-corrected chi connectivity index (χ4v) is 5.57. The van der Waals surface area contributed by atoms with Crippen molar-refractivity contribution in [2.75, 3.05) is 12.3 Å². The van der Waals surface area contributed by atoms with Gasteiger partial charge >= 0.3 is 11.6 Å². The maximum absolute atomic E-state index is 13.1. The number of nitrogens with one attached hydrogen (secondary N) is 2. The van der Waals surface area contributed by atoms with Crippen LogP contribution in [0.1, 0.15) is 40.7 Å². The van der Waals surface area contributed by atoms with Gasteiger partial charge in [0.2, 0.25) is 11.8 Å². The minimum absolute atomic E-state index is 0.0683. The van der Waals surface area contributed by atoms with Crippen LogP contribution in [0.15, 0.2) is 56.3 Å². The fourth-order valence-electron chi connectivity index (χ4n) is 4.55. The molecule has 0 bridgehead atoms. The second-order valence-corrected chi connectivity index (χ2v) is 10.8. The van der Waals surface area contributed by atoms with Crippen LogP contribution in [0.3, 0.4) is 0 Å². The van der Waals surface area contributed by atoms with Crippen molar-refractivity contribution < 1.29 is 28.3 Å². The Morgan fingerprint density at radius 2 is 1.77 bits per heavy atom. The Balaban J connectivity index is 1.51. The summed E-state index contributed by atoms with van der Waals surface area (Å²) in [4.78, 5) is 49.8. The molecule has 0 aliphatic carbocycles. The van der Waals surface area contributed by atoms with Gasteiger partial charge in [-0.2, -0.15) is 11.8 Å². The van der Waals surface area contributed by atoms with Gasteiger partial charge in [0.15, 0.2) is 0 Å². The summed E-state index contributed by atoms with van der Waals surface area (Å²) in [5, 5.41) is 16.0. The summed E-state index contributed by atoms with van der Waals surface area (Å²) in [6, 6.07) is 10.8. The molecule has 0 saturated heterocycles. The summed E-state index contributed by atoms with van der Waals surface area (Å²) in [5.41, 5.74) is 4.08. The molecule has 40 heavy (non-hydrogen) atoms. The average molecular weight is 565 g/mol. The molecule has 4 rings (SSSR count). The minimum Gasteiger partial charge on any atom is -0.481 e. The van der Waals surface area contributed by atoms with Crippen molar-refractivity contribution in [3.63, 3.8) is 0 Å². The Morgan fingerprint density at radius 3 is 2.50 bits per heavy atom. The summed E-state index contributed by atoms with van der Waals surface area (Å²) < 4.78 is 11.3. The summed E-state index contributed by atoms with van der Waals surface area (Å²) in [5.74, 6) is -0.893. The fraction of sp³-hybridized carbons (Fsp3) is 0.333.